The Hall–Kier alpha value is -0.790. The van der Waals surface area contributed by atoms with Gasteiger partial charge in [0.25, 0.3) is 0 Å². The van der Waals surface area contributed by atoms with Gasteiger partial charge in [-0.3, -0.25) is 4.90 Å². The largest absolute Gasteiger partial charge is 0.573 e. The summed E-state index contributed by atoms with van der Waals surface area (Å²) in [6.07, 6.45) is -1.89. The van der Waals surface area contributed by atoms with Crippen molar-refractivity contribution in [1.29, 1.82) is 0 Å². The van der Waals surface area contributed by atoms with Gasteiger partial charge in [-0.25, -0.2) is 0 Å². The molecule has 0 saturated carbocycles. The molecule has 7 heteroatoms. The van der Waals surface area contributed by atoms with Crippen molar-refractivity contribution in [3.05, 3.63) is 28.2 Å². The van der Waals surface area contributed by atoms with Gasteiger partial charge in [-0.05, 0) is 24.6 Å². The van der Waals surface area contributed by atoms with Crippen molar-refractivity contribution in [3.8, 4) is 5.75 Å². The van der Waals surface area contributed by atoms with Crippen LogP contribution in [0.3, 0.4) is 0 Å². The van der Waals surface area contributed by atoms with Gasteiger partial charge in [0.15, 0.2) is 0 Å². The number of benzene rings is 1. The van der Waals surface area contributed by atoms with E-state index in [2.05, 4.69) is 37.8 Å². The Balaban J connectivity index is 2.33. The molecule has 1 aromatic rings. The van der Waals surface area contributed by atoms with E-state index in [0.717, 1.165) is 49.9 Å². The molecule has 1 N–H and O–H groups in total. The van der Waals surface area contributed by atoms with Gasteiger partial charge in [0.2, 0.25) is 0 Å². The maximum Gasteiger partial charge on any atom is 0.573 e. The molecule has 0 amide bonds. The van der Waals surface area contributed by atoms with Gasteiger partial charge >= 0.3 is 6.36 Å². The van der Waals surface area contributed by atoms with Crippen LogP contribution in [0.1, 0.15) is 37.8 Å². The molecule has 1 heterocycles. The lowest BCUT2D eigenvalue weighted by molar-refractivity contribution is -0.275. The summed E-state index contributed by atoms with van der Waals surface area (Å²) in [4.78, 5) is 2.25. The standard InChI is InChI=1S/C16H22BrF3N2O/c1-2-3-4-14(22-9-7-21-8-10-22)13-11-12(17)5-6-15(13)23-16(18,19)20/h5-6,11,14,21H,2-4,7-10H2,1H3/t14-/m0/s1. The van der Waals surface area contributed by atoms with Gasteiger partial charge in [0.1, 0.15) is 5.75 Å². The van der Waals surface area contributed by atoms with E-state index in [9.17, 15) is 13.2 Å². The topological polar surface area (TPSA) is 24.5 Å². The van der Waals surface area contributed by atoms with Crippen molar-refractivity contribution < 1.29 is 17.9 Å². The van der Waals surface area contributed by atoms with Gasteiger partial charge < -0.3 is 10.1 Å². The molecule has 0 unspecified atom stereocenters. The van der Waals surface area contributed by atoms with E-state index in [4.69, 9.17) is 0 Å². The third-order valence-corrected chi connectivity index (χ3v) is 4.47. The summed E-state index contributed by atoms with van der Waals surface area (Å²) >= 11 is 3.37. The number of hydrogen-bond acceptors (Lipinski definition) is 3. The van der Waals surface area contributed by atoms with Crippen LogP contribution < -0.4 is 10.1 Å². The minimum atomic E-state index is -4.68. The molecule has 0 bridgehead atoms. The van der Waals surface area contributed by atoms with Crippen molar-refractivity contribution in [2.75, 3.05) is 26.2 Å². The molecule has 1 fully saturated rings. The van der Waals surface area contributed by atoms with Gasteiger partial charge in [0.05, 0.1) is 0 Å². The zero-order valence-electron chi connectivity index (χ0n) is 13.1. The van der Waals surface area contributed by atoms with Gasteiger partial charge in [-0.2, -0.15) is 0 Å². The quantitative estimate of drug-likeness (QED) is 0.769. The highest BCUT2D eigenvalue weighted by Crippen LogP contribution is 2.37. The number of alkyl halides is 3. The van der Waals surface area contributed by atoms with Crippen LogP contribution >= 0.6 is 15.9 Å². The molecule has 1 saturated heterocycles. The van der Waals surface area contributed by atoms with Gasteiger partial charge in [-0.1, -0.05) is 35.7 Å². The number of halogens is 4. The SMILES string of the molecule is CCCC[C@@H](c1cc(Br)ccc1OC(F)(F)F)N1CCNCC1. The third-order valence-electron chi connectivity index (χ3n) is 3.98. The zero-order valence-corrected chi connectivity index (χ0v) is 14.7. The lowest BCUT2D eigenvalue weighted by atomic mass is 9.98. The molecule has 2 rings (SSSR count). The number of hydrogen-bond donors (Lipinski definition) is 1. The molecule has 1 aliphatic rings. The first-order valence-electron chi connectivity index (χ1n) is 7.90. The average molecular weight is 395 g/mol. The molecule has 1 atom stereocenters. The van der Waals surface area contributed by atoms with E-state index in [0.29, 0.717) is 5.56 Å². The first-order chi connectivity index (χ1) is 10.9. The van der Waals surface area contributed by atoms with Crippen LogP contribution in [-0.2, 0) is 0 Å². The van der Waals surface area contributed by atoms with Crippen LogP contribution in [-0.4, -0.2) is 37.4 Å². The summed E-state index contributed by atoms with van der Waals surface area (Å²) in [5.41, 5.74) is 0.604. The first kappa shape index (κ1) is 18.5. The Morgan fingerprint density at radius 2 is 2.00 bits per heavy atom. The Morgan fingerprint density at radius 3 is 2.61 bits per heavy atom. The van der Waals surface area contributed by atoms with E-state index in [-0.39, 0.29) is 11.8 Å². The fraction of sp³-hybridized carbons (Fsp3) is 0.625. The molecule has 0 aliphatic carbocycles. The average Bonchev–Trinajstić information content (AvgIpc) is 2.50. The maximum absolute atomic E-state index is 12.7. The lowest BCUT2D eigenvalue weighted by Crippen LogP contribution is -2.45. The Bertz CT molecular complexity index is 505. The summed E-state index contributed by atoms with van der Waals surface area (Å²) in [5, 5.41) is 3.28. The monoisotopic (exact) mass is 394 g/mol. The van der Waals surface area contributed by atoms with Crippen molar-refractivity contribution >= 4 is 15.9 Å². The summed E-state index contributed by atoms with van der Waals surface area (Å²) in [7, 11) is 0. The van der Waals surface area contributed by atoms with E-state index >= 15 is 0 Å². The fourth-order valence-corrected chi connectivity index (χ4v) is 3.30. The molecular weight excluding hydrogens is 373 g/mol. The molecule has 1 aliphatic heterocycles. The second-order valence-corrected chi connectivity index (χ2v) is 6.59. The third kappa shape index (κ3) is 5.65. The molecule has 130 valence electrons. The number of rotatable bonds is 6. The molecule has 0 aromatic heterocycles. The van der Waals surface area contributed by atoms with Crippen molar-refractivity contribution in [3.63, 3.8) is 0 Å². The summed E-state index contributed by atoms with van der Waals surface area (Å²) < 4.78 is 43.2. The maximum atomic E-state index is 12.7. The molecule has 0 spiro atoms. The van der Waals surface area contributed by atoms with E-state index < -0.39 is 6.36 Å². The zero-order chi connectivity index (χ0) is 16.9. The van der Waals surface area contributed by atoms with Crippen molar-refractivity contribution in [2.24, 2.45) is 0 Å². The van der Waals surface area contributed by atoms with E-state index in [1.807, 2.05) is 0 Å². The Morgan fingerprint density at radius 1 is 1.30 bits per heavy atom. The Labute approximate surface area is 143 Å². The number of nitrogens with zero attached hydrogens (tertiary/aromatic N) is 1. The molecule has 1 aromatic carbocycles. The number of piperazine rings is 1. The smallest absolute Gasteiger partial charge is 0.405 e. The highest BCUT2D eigenvalue weighted by atomic mass is 79.9. The van der Waals surface area contributed by atoms with Crippen LogP contribution in [0.2, 0.25) is 0 Å². The minimum Gasteiger partial charge on any atom is -0.405 e. The molecular formula is C16H22BrF3N2O. The van der Waals surface area contributed by atoms with Crippen LogP contribution in [0.15, 0.2) is 22.7 Å². The fourth-order valence-electron chi connectivity index (χ4n) is 2.92. The second kappa shape index (κ2) is 8.35. The predicted octanol–water partition coefficient (Wildman–Crippen LogP) is 4.48. The number of nitrogens with one attached hydrogen (secondary N) is 1. The summed E-state index contributed by atoms with van der Waals surface area (Å²) in [5.74, 6) is -0.0969. The highest BCUT2D eigenvalue weighted by Gasteiger charge is 2.34. The Kier molecular flexibility index (Phi) is 6.73. The summed E-state index contributed by atoms with van der Waals surface area (Å²) in [6.45, 7) is 5.44. The minimum absolute atomic E-state index is 0.0631. The normalized spacial score (nSPS) is 18.0. The second-order valence-electron chi connectivity index (χ2n) is 5.67. The first-order valence-corrected chi connectivity index (χ1v) is 8.70. The van der Waals surface area contributed by atoms with Crippen molar-refractivity contribution in [2.45, 2.75) is 38.6 Å². The van der Waals surface area contributed by atoms with Crippen LogP contribution in [0.5, 0.6) is 5.75 Å². The number of unbranched alkanes of at least 4 members (excludes halogenated alkanes) is 1. The van der Waals surface area contributed by atoms with Gasteiger partial charge in [-0.15, -0.1) is 13.2 Å². The van der Waals surface area contributed by atoms with Crippen molar-refractivity contribution in [1.82, 2.24) is 10.2 Å². The van der Waals surface area contributed by atoms with E-state index in [1.54, 1.807) is 12.1 Å². The highest BCUT2D eigenvalue weighted by molar-refractivity contribution is 9.10. The molecule has 23 heavy (non-hydrogen) atoms. The van der Waals surface area contributed by atoms with E-state index in [1.165, 1.54) is 6.07 Å². The van der Waals surface area contributed by atoms with Crippen LogP contribution in [0.25, 0.3) is 0 Å². The van der Waals surface area contributed by atoms with Gasteiger partial charge in [0, 0.05) is 42.3 Å². The molecule has 3 nitrogen and oxygen atoms in total. The van der Waals surface area contributed by atoms with Crippen LogP contribution in [0, 0.1) is 0 Å². The lowest BCUT2D eigenvalue weighted by Gasteiger charge is -2.36. The summed E-state index contributed by atoms with van der Waals surface area (Å²) in [6, 6.07) is 4.67. The van der Waals surface area contributed by atoms with Crippen LogP contribution in [0.4, 0.5) is 13.2 Å². The number of ether oxygens (including phenoxy) is 1. The molecule has 0 radical (unpaired) electrons. The predicted molar refractivity (Wildman–Crippen MR) is 87.5 cm³/mol.